The summed E-state index contributed by atoms with van der Waals surface area (Å²) >= 11 is 5.97. The average molecular weight is 304 g/mol. The summed E-state index contributed by atoms with van der Waals surface area (Å²) in [5, 5.41) is 3.55. The molecule has 110 valence electrons. The Morgan fingerprint density at radius 1 is 1.14 bits per heavy atom. The number of rotatable bonds is 4. The fraction of sp³-hybridized carbons (Fsp3) is 0.235. The first-order valence-electron chi connectivity index (χ1n) is 6.76. The van der Waals surface area contributed by atoms with E-state index in [1.807, 2.05) is 44.2 Å². The van der Waals surface area contributed by atoms with Crippen LogP contribution in [0.2, 0.25) is 5.02 Å². The molecule has 2 aromatic carbocycles. The smallest absolute Gasteiger partial charge is 0.265 e. The molecule has 0 aromatic heterocycles. The normalized spacial score (nSPS) is 11.8. The van der Waals surface area contributed by atoms with Gasteiger partial charge in [-0.2, -0.15) is 0 Å². The van der Waals surface area contributed by atoms with Crippen molar-refractivity contribution in [3.63, 3.8) is 0 Å². The number of halogens is 1. The molecular weight excluding hydrogens is 286 g/mol. The highest BCUT2D eigenvalue weighted by molar-refractivity contribution is 6.31. The summed E-state index contributed by atoms with van der Waals surface area (Å²) in [6.07, 6.45) is -0.592. The van der Waals surface area contributed by atoms with E-state index >= 15 is 0 Å². The summed E-state index contributed by atoms with van der Waals surface area (Å²) in [4.78, 5) is 12.2. The van der Waals surface area contributed by atoms with E-state index in [1.54, 1.807) is 19.1 Å². The highest BCUT2D eigenvalue weighted by atomic mass is 35.5. The second kappa shape index (κ2) is 6.64. The first kappa shape index (κ1) is 15.4. The van der Waals surface area contributed by atoms with Crippen molar-refractivity contribution in [2.45, 2.75) is 26.9 Å². The first-order valence-corrected chi connectivity index (χ1v) is 7.14. The van der Waals surface area contributed by atoms with Gasteiger partial charge in [-0.05, 0) is 56.2 Å². The molecule has 0 saturated carbocycles. The topological polar surface area (TPSA) is 38.3 Å². The molecule has 1 N–H and O–H groups in total. The standard InChI is InChI=1S/C17H18ClNO2/c1-11-6-4-5-7-16(11)19-17(20)13(3)21-14-8-9-15(18)12(2)10-14/h4-10,13H,1-3H3,(H,19,20). The van der Waals surface area contributed by atoms with E-state index in [1.165, 1.54) is 0 Å². The van der Waals surface area contributed by atoms with Gasteiger partial charge in [-0.3, -0.25) is 4.79 Å². The number of aryl methyl sites for hydroxylation is 2. The number of benzene rings is 2. The van der Waals surface area contributed by atoms with Crippen molar-refractivity contribution in [2.24, 2.45) is 0 Å². The molecule has 0 spiro atoms. The molecule has 0 aliphatic heterocycles. The Hall–Kier alpha value is -2.00. The SMILES string of the molecule is Cc1cc(OC(C)C(=O)Nc2ccccc2C)ccc1Cl. The third-order valence-electron chi connectivity index (χ3n) is 3.21. The van der Waals surface area contributed by atoms with Crippen LogP contribution in [0.15, 0.2) is 42.5 Å². The fourth-order valence-corrected chi connectivity index (χ4v) is 2.01. The van der Waals surface area contributed by atoms with E-state index in [2.05, 4.69) is 5.32 Å². The lowest BCUT2D eigenvalue weighted by molar-refractivity contribution is -0.122. The van der Waals surface area contributed by atoms with Crippen molar-refractivity contribution < 1.29 is 9.53 Å². The van der Waals surface area contributed by atoms with E-state index in [-0.39, 0.29) is 5.91 Å². The molecule has 0 bridgehead atoms. The van der Waals surface area contributed by atoms with Crippen LogP contribution in [0.1, 0.15) is 18.1 Å². The van der Waals surface area contributed by atoms with Crippen LogP contribution in [-0.2, 0) is 4.79 Å². The largest absolute Gasteiger partial charge is 0.481 e. The molecule has 4 heteroatoms. The van der Waals surface area contributed by atoms with Crippen LogP contribution < -0.4 is 10.1 Å². The lowest BCUT2D eigenvalue weighted by Gasteiger charge is -2.16. The van der Waals surface area contributed by atoms with Gasteiger partial charge >= 0.3 is 0 Å². The Balaban J connectivity index is 2.02. The molecule has 0 aliphatic rings. The van der Waals surface area contributed by atoms with Gasteiger partial charge in [0, 0.05) is 10.7 Å². The summed E-state index contributed by atoms with van der Waals surface area (Å²) in [6.45, 7) is 5.56. The molecule has 0 saturated heterocycles. The molecule has 1 unspecified atom stereocenters. The second-order valence-electron chi connectivity index (χ2n) is 4.98. The predicted octanol–water partition coefficient (Wildman–Crippen LogP) is 4.36. The first-order chi connectivity index (χ1) is 9.97. The minimum absolute atomic E-state index is 0.183. The van der Waals surface area contributed by atoms with Crippen LogP contribution in [0, 0.1) is 13.8 Å². The van der Waals surface area contributed by atoms with Gasteiger partial charge in [0.2, 0.25) is 0 Å². The van der Waals surface area contributed by atoms with Crippen LogP contribution in [0.4, 0.5) is 5.69 Å². The zero-order chi connectivity index (χ0) is 15.4. The van der Waals surface area contributed by atoms with Gasteiger partial charge in [0.25, 0.3) is 5.91 Å². The number of hydrogen-bond acceptors (Lipinski definition) is 2. The number of para-hydroxylation sites is 1. The van der Waals surface area contributed by atoms with E-state index in [0.29, 0.717) is 10.8 Å². The fourth-order valence-electron chi connectivity index (χ4n) is 1.90. The number of carbonyl (C=O) groups excluding carboxylic acids is 1. The molecule has 0 fully saturated rings. The molecule has 2 rings (SSSR count). The van der Waals surface area contributed by atoms with Crippen LogP contribution in [-0.4, -0.2) is 12.0 Å². The highest BCUT2D eigenvalue weighted by Gasteiger charge is 2.15. The van der Waals surface area contributed by atoms with Crippen molar-refractivity contribution in [1.29, 1.82) is 0 Å². The van der Waals surface area contributed by atoms with Crippen molar-refractivity contribution in [3.05, 3.63) is 58.6 Å². The summed E-state index contributed by atoms with van der Waals surface area (Å²) < 4.78 is 5.65. The number of ether oxygens (including phenoxy) is 1. The number of hydrogen-bond donors (Lipinski definition) is 1. The van der Waals surface area contributed by atoms with Crippen LogP contribution >= 0.6 is 11.6 Å². The van der Waals surface area contributed by atoms with Gasteiger partial charge in [-0.25, -0.2) is 0 Å². The maximum Gasteiger partial charge on any atom is 0.265 e. The van der Waals surface area contributed by atoms with E-state index in [9.17, 15) is 4.79 Å². The monoisotopic (exact) mass is 303 g/mol. The quantitative estimate of drug-likeness (QED) is 0.911. The average Bonchev–Trinajstić information content (AvgIpc) is 2.45. The van der Waals surface area contributed by atoms with E-state index in [4.69, 9.17) is 16.3 Å². The maximum atomic E-state index is 12.2. The third-order valence-corrected chi connectivity index (χ3v) is 3.64. The van der Waals surface area contributed by atoms with Crippen molar-refractivity contribution in [1.82, 2.24) is 0 Å². The van der Waals surface area contributed by atoms with Crippen LogP contribution in [0.3, 0.4) is 0 Å². The van der Waals surface area contributed by atoms with Crippen molar-refractivity contribution in [3.8, 4) is 5.75 Å². The minimum atomic E-state index is -0.592. The molecule has 2 aromatic rings. The summed E-state index contributed by atoms with van der Waals surface area (Å²) in [5.41, 5.74) is 2.73. The predicted molar refractivity (Wildman–Crippen MR) is 86.1 cm³/mol. The molecular formula is C17H18ClNO2. The van der Waals surface area contributed by atoms with Gasteiger partial charge in [0.15, 0.2) is 6.10 Å². The van der Waals surface area contributed by atoms with Gasteiger partial charge in [0.05, 0.1) is 0 Å². The number of carbonyl (C=O) groups is 1. The third kappa shape index (κ3) is 3.99. The molecule has 3 nitrogen and oxygen atoms in total. The minimum Gasteiger partial charge on any atom is -0.481 e. The van der Waals surface area contributed by atoms with Crippen LogP contribution in [0.5, 0.6) is 5.75 Å². The Morgan fingerprint density at radius 2 is 1.86 bits per heavy atom. The zero-order valence-corrected chi connectivity index (χ0v) is 13.1. The summed E-state index contributed by atoms with van der Waals surface area (Å²) in [6, 6.07) is 13.0. The Kier molecular flexibility index (Phi) is 4.86. The molecule has 0 aliphatic carbocycles. The van der Waals surface area contributed by atoms with Gasteiger partial charge < -0.3 is 10.1 Å². The molecule has 1 amide bonds. The number of amides is 1. The molecule has 0 radical (unpaired) electrons. The van der Waals surface area contributed by atoms with Crippen molar-refractivity contribution >= 4 is 23.2 Å². The summed E-state index contributed by atoms with van der Waals surface area (Å²) in [5.74, 6) is 0.446. The maximum absolute atomic E-state index is 12.2. The number of anilines is 1. The molecule has 1 atom stereocenters. The van der Waals surface area contributed by atoms with Crippen LogP contribution in [0.25, 0.3) is 0 Å². The van der Waals surface area contributed by atoms with E-state index in [0.717, 1.165) is 16.8 Å². The molecule has 21 heavy (non-hydrogen) atoms. The number of nitrogens with one attached hydrogen (secondary N) is 1. The highest BCUT2D eigenvalue weighted by Crippen LogP contribution is 2.22. The zero-order valence-electron chi connectivity index (χ0n) is 12.3. The second-order valence-corrected chi connectivity index (χ2v) is 5.38. The van der Waals surface area contributed by atoms with Gasteiger partial charge in [0.1, 0.15) is 5.75 Å². The lowest BCUT2D eigenvalue weighted by Crippen LogP contribution is -2.30. The van der Waals surface area contributed by atoms with E-state index < -0.39 is 6.10 Å². The Labute approximate surface area is 129 Å². The Bertz CT molecular complexity index is 655. The lowest BCUT2D eigenvalue weighted by atomic mass is 10.2. The molecule has 0 heterocycles. The van der Waals surface area contributed by atoms with Gasteiger partial charge in [-0.15, -0.1) is 0 Å². The summed E-state index contributed by atoms with van der Waals surface area (Å²) in [7, 11) is 0. The Morgan fingerprint density at radius 3 is 2.52 bits per heavy atom. The van der Waals surface area contributed by atoms with Gasteiger partial charge in [-0.1, -0.05) is 29.8 Å². The van der Waals surface area contributed by atoms with Crippen molar-refractivity contribution in [2.75, 3.05) is 5.32 Å².